The number of benzene rings is 1. The van der Waals surface area contributed by atoms with E-state index in [0.717, 1.165) is 11.1 Å². The molecule has 1 unspecified atom stereocenters. The summed E-state index contributed by atoms with van der Waals surface area (Å²) in [5.41, 5.74) is 1.89. The van der Waals surface area contributed by atoms with Gasteiger partial charge >= 0.3 is 0 Å². The molecule has 0 aliphatic heterocycles. The van der Waals surface area contributed by atoms with Gasteiger partial charge in [0.15, 0.2) is 0 Å². The average molecular weight is 265 g/mol. The van der Waals surface area contributed by atoms with Crippen molar-refractivity contribution in [3.05, 3.63) is 35.4 Å². The molecular formula is C15H23NO3. The van der Waals surface area contributed by atoms with E-state index in [1.165, 1.54) is 6.92 Å². The molecule has 0 saturated heterocycles. The second kappa shape index (κ2) is 6.68. The van der Waals surface area contributed by atoms with Gasteiger partial charge in [-0.05, 0) is 38.8 Å². The Labute approximate surface area is 114 Å². The zero-order chi connectivity index (χ0) is 14.5. The van der Waals surface area contributed by atoms with E-state index < -0.39 is 6.10 Å². The standard InChI is InChI=1S/C15H23NO3/c1-11(17)14(18)16-9-12-6-5-7-13(8-12)10-19-15(2,3)4/h5-8,11,17H,9-10H2,1-4H3,(H,16,18). The van der Waals surface area contributed by atoms with Crippen molar-refractivity contribution in [3.8, 4) is 0 Å². The van der Waals surface area contributed by atoms with Gasteiger partial charge in [-0.2, -0.15) is 0 Å². The average Bonchev–Trinajstić information content (AvgIpc) is 2.33. The number of rotatable bonds is 5. The molecule has 2 N–H and O–H groups in total. The van der Waals surface area contributed by atoms with E-state index in [2.05, 4.69) is 5.32 Å². The summed E-state index contributed by atoms with van der Waals surface area (Å²) < 4.78 is 5.71. The summed E-state index contributed by atoms with van der Waals surface area (Å²) in [4.78, 5) is 11.3. The van der Waals surface area contributed by atoms with E-state index in [1.807, 2.05) is 45.0 Å². The maximum atomic E-state index is 11.3. The van der Waals surface area contributed by atoms with Crippen LogP contribution in [0.4, 0.5) is 0 Å². The highest BCUT2D eigenvalue weighted by Crippen LogP contribution is 2.13. The largest absolute Gasteiger partial charge is 0.384 e. The fourth-order valence-electron chi connectivity index (χ4n) is 1.47. The summed E-state index contributed by atoms with van der Waals surface area (Å²) in [6.07, 6.45) is -0.979. The van der Waals surface area contributed by atoms with Gasteiger partial charge in [0.2, 0.25) is 5.91 Å². The Morgan fingerprint density at radius 1 is 1.37 bits per heavy atom. The van der Waals surface area contributed by atoms with Crippen molar-refractivity contribution in [1.29, 1.82) is 0 Å². The fraction of sp³-hybridized carbons (Fsp3) is 0.533. The molecule has 0 fully saturated rings. The number of carbonyl (C=O) groups is 1. The molecule has 1 amide bonds. The molecule has 0 saturated carbocycles. The van der Waals surface area contributed by atoms with Crippen LogP contribution in [0.1, 0.15) is 38.8 Å². The van der Waals surface area contributed by atoms with Crippen LogP contribution in [-0.2, 0) is 22.7 Å². The number of hydrogen-bond acceptors (Lipinski definition) is 3. The molecule has 1 aromatic rings. The number of aliphatic hydroxyl groups is 1. The van der Waals surface area contributed by atoms with Gasteiger partial charge in [0.1, 0.15) is 6.10 Å². The van der Waals surface area contributed by atoms with Crippen LogP contribution >= 0.6 is 0 Å². The molecule has 0 heterocycles. The van der Waals surface area contributed by atoms with Crippen molar-refractivity contribution in [3.63, 3.8) is 0 Å². The minimum absolute atomic E-state index is 0.170. The fourth-order valence-corrected chi connectivity index (χ4v) is 1.47. The van der Waals surface area contributed by atoms with Crippen LogP contribution in [0.5, 0.6) is 0 Å². The third-order valence-electron chi connectivity index (χ3n) is 2.51. The lowest BCUT2D eigenvalue weighted by Gasteiger charge is -2.19. The Morgan fingerprint density at radius 3 is 2.58 bits per heavy atom. The minimum atomic E-state index is -0.979. The third-order valence-corrected chi connectivity index (χ3v) is 2.51. The lowest BCUT2D eigenvalue weighted by molar-refractivity contribution is -0.128. The maximum Gasteiger partial charge on any atom is 0.248 e. The second-order valence-electron chi connectivity index (χ2n) is 5.61. The van der Waals surface area contributed by atoms with Crippen LogP contribution in [0.2, 0.25) is 0 Å². The lowest BCUT2D eigenvalue weighted by atomic mass is 10.1. The highest BCUT2D eigenvalue weighted by atomic mass is 16.5. The predicted octanol–water partition coefficient (Wildman–Crippen LogP) is 2.00. The molecule has 4 nitrogen and oxygen atoms in total. The minimum Gasteiger partial charge on any atom is -0.384 e. The molecule has 0 aromatic heterocycles. The van der Waals surface area contributed by atoms with Crippen molar-refractivity contribution in [2.24, 2.45) is 0 Å². The molecule has 0 aliphatic rings. The summed E-state index contributed by atoms with van der Waals surface area (Å²) in [6, 6.07) is 7.86. The van der Waals surface area contributed by atoms with Gasteiger partial charge in [0.25, 0.3) is 0 Å². The first-order valence-electron chi connectivity index (χ1n) is 6.45. The normalized spacial score (nSPS) is 13.1. The topological polar surface area (TPSA) is 58.6 Å². The van der Waals surface area contributed by atoms with Gasteiger partial charge < -0.3 is 15.2 Å². The van der Waals surface area contributed by atoms with E-state index in [1.54, 1.807) is 0 Å². The van der Waals surface area contributed by atoms with Crippen molar-refractivity contribution in [2.75, 3.05) is 0 Å². The van der Waals surface area contributed by atoms with Gasteiger partial charge in [0, 0.05) is 6.54 Å². The first-order valence-corrected chi connectivity index (χ1v) is 6.45. The van der Waals surface area contributed by atoms with Crippen LogP contribution in [0.25, 0.3) is 0 Å². The van der Waals surface area contributed by atoms with E-state index in [4.69, 9.17) is 9.84 Å². The SMILES string of the molecule is CC(O)C(=O)NCc1cccc(COC(C)(C)C)c1. The number of ether oxygens (including phenoxy) is 1. The van der Waals surface area contributed by atoms with E-state index >= 15 is 0 Å². The van der Waals surface area contributed by atoms with Gasteiger partial charge in [0.05, 0.1) is 12.2 Å². The number of carbonyl (C=O) groups excluding carboxylic acids is 1. The predicted molar refractivity (Wildman–Crippen MR) is 74.5 cm³/mol. The van der Waals surface area contributed by atoms with Gasteiger partial charge in [-0.3, -0.25) is 4.79 Å². The maximum absolute atomic E-state index is 11.3. The molecule has 0 aliphatic carbocycles. The summed E-state index contributed by atoms with van der Waals surface area (Å²) in [5, 5.41) is 11.8. The summed E-state index contributed by atoms with van der Waals surface area (Å²) in [7, 11) is 0. The quantitative estimate of drug-likeness (QED) is 0.856. The van der Waals surface area contributed by atoms with Crippen molar-refractivity contribution < 1.29 is 14.6 Å². The Balaban J connectivity index is 2.55. The van der Waals surface area contributed by atoms with Crippen molar-refractivity contribution >= 4 is 5.91 Å². The Bertz CT molecular complexity index is 422. The zero-order valence-corrected chi connectivity index (χ0v) is 12.1. The molecule has 1 rings (SSSR count). The monoisotopic (exact) mass is 265 g/mol. The molecule has 0 bridgehead atoms. The number of hydrogen-bond donors (Lipinski definition) is 2. The molecular weight excluding hydrogens is 242 g/mol. The molecule has 0 spiro atoms. The highest BCUT2D eigenvalue weighted by molar-refractivity contribution is 5.79. The van der Waals surface area contributed by atoms with Crippen molar-refractivity contribution in [2.45, 2.75) is 52.6 Å². The van der Waals surface area contributed by atoms with Gasteiger partial charge in [-0.15, -0.1) is 0 Å². The van der Waals surface area contributed by atoms with Crippen LogP contribution in [-0.4, -0.2) is 22.7 Å². The molecule has 106 valence electrons. The second-order valence-corrected chi connectivity index (χ2v) is 5.61. The van der Waals surface area contributed by atoms with Crippen LogP contribution in [0, 0.1) is 0 Å². The first-order chi connectivity index (χ1) is 8.78. The Morgan fingerprint density at radius 2 is 2.00 bits per heavy atom. The van der Waals surface area contributed by atoms with Crippen molar-refractivity contribution in [1.82, 2.24) is 5.32 Å². The molecule has 0 radical (unpaired) electrons. The zero-order valence-electron chi connectivity index (χ0n) is 12.1. The Kier molecular flexibility index (Phi) is 5.51. The van der Waals surface area contributed by atoms with E-state index in [9.17, 15) is 4.79 Å². The number of aliphatic hydroxyl groups excluding tert-OH is 1. The summed E-state index contributed by atoms with van der Waals surface area (Å²) in [6.45, 7) is 8.44. The van der Waals surface area contributed by atoms with Crippen LogP contribution < -0.4 is 5.32 Å². The lowest BCUT2D eigenvalue weighted by Crippen LogP contribution is -2.31. The number of nitrogens with one attached hydrogen (secondary N) is 1. The van der Waals surface area contributed by atoms with Crippen LogP contribution in [0.15, 0.2) is 24.3 Å². The van der Waals surface area contributed by atoms with E-state index in [-0.39, 0.29) is 11.5 Å². The smallest absolute Gasteiger partial charge is 0.248 e. The van der Waals surface area contributed by atoms with Gasteiger partial charge in [-0.1, -0.05) is 24.3 Å². The first kappa shape index (κ1) is 15.7. The van der Waals surface area contributed by atoms with Gasteiger partial charge in [-0.25, -0.2) is 0 Å². The molecule has 4 heteroatoms. The highest BCUT2D eigenvalue weighted by Gasteiger charge is 2.10. The summed E-state index contributed by atoms with van der Waals surface area (Å²) in [5.74, 6) is -0.364. The molecule has 1 atom stereocenters. The third kappa shape index (κ3) is 6.36. The number of amides is 1. The molecule has 19 heavy (non-hydrogen) atoms. The van der Waals surface area contributed by atoms with E-state index in [0.29, 0.717) is 13.2 Å². The molecule has 1 aromatic carbocycles. The Hall–Kier alpha value is -1.39. The van der Waals surface area contributed by atoms with Crippen LogP contribution in [0.3, 0.4) is 0 Å². The summed E-state index contributed by atoms with van der Waals surface area (Å²) >= 11 is 0.